The van der Waals surface area contributed by atoms with Gasteiger partial charge in [0, 0.05) is 165 Å². The third-order valence-electron chi connectivity index (χ3n) is 40.9. The van der Waals surface area contributed by atoms with E-state index in [0.29, 0.717) is 176 Å². The Balaban J connectivity index is 0.000000154. The van der Waals surface area contributed by atoms with Crippen LogP contribution in [0.25, 0.3) is 0 Å². The minimum Gasteiger partial charge on any atom is -0.515 e. The van der Waals surface area contributed by atoms with Gasteiger partial charge in [-0.05, 0) is 260 Å². The van der Waals surface area contributed by atoms with Gasteiger partial charge in [-0.25, -0.2) is 0 Å². The lowest BCUT2D eigenvalue weighted by Crippen LogP contribution is -2.62. The first-order valence-corrected chi connectivity index (χ1v) is 55.3. The van der Waals surface area contributed by atoms with Gasteiger partial charge in [-0.15, -0.1) is 0 Å². The van der Waals surface area contributed by atoms with Crippen molar-refractivity contribution in [3.8, 4) is 0 Å². The Labute approximate surface area is 855 Å². The summed E-state index contributed by atoms with van der Waals surface area (Å²) in [7, 11) is 3.31. The molecule has 0 bridgehead atoms. The number of rotatable bonds is 10. The normalized spacial score (nSPS) is 36.4. The van der Waals surface area contributed by atoms with Crippen molar-refractivity contribution in [2.24, 2.45) is 94.6 Å². The van der Waals surface area contributed by atoms with Gasteiger partial charge in [0.05, 0.1) is 81.7 Å². The number of hydrogen-bond acceptors (Lipinski definition) is 25. The standard InChI is InChI=1S/C16H24O4.C15H26O3.C15H24O3.C15H26O3.C14H22O3.C12H18O3.C12H18O2.C12H16O2.C7H10O2/c1-14(2)12-5-4-11(10-17)13(18)15(12,3)6-7-16(14)19-8-9-20-16;2*1-13(2)11-5-4-6-12(16)14(11,3)7-8-15(13)17-9-10-18-15;1-14(2)11-6-5-7-13(18-10-17-4)15(11,3)9-8-12(14)16;1-10-11-5-4-6-13(17-9-16-3)14(11,2)8-7-12(10)15;1-3-9(13)7-8-12(2)10(14)5-4-6-11(12)15;2*1-8-9-4-3-5-11(14)12(9,2)7-6-10(8)13;1-5-6(8)3-2-4-7(5)9/h10,12,17H,4-9H2,1-3H3;11-12,16H,4-10H2,1-3H3;11H,4-10H2,1-3H3;11,13H,5-10H2,1-4H3;13H,4-9H2,1-3H3;3-8H2,1-2H3;11,14H,3-7H2,1-2H3;3-7H2,1-2H3;5H,2-4H2,1H3/b11-10+;;;;;;;;/t12-,15-;11-,12-,14-;11-,14-;11-,13-,15-;13-,14-;;11-,12-;12-;/m00000.00./s1. The maximum atomic E-state index is 12.7. The largest absolute Gasteiger partial charge is 0.515 e. The Kier molecular flexibility index (Phi) is 38.7. The second kappa shape index (κ2) is 47.1. The third-order valence-corrected chi connectivity index (χ3v) is 40.9. The molecular weight excluding hydrogens is 1820 g/mol. The van der Waals surface area contributed by atoms with Crippen LogP contribution in [0.2, 0.25) is 0 Å². The van der Waals surface area contributed by atoms with Crippen LogP contribution in [-0.4, -0.2) is 194 Å². The monoisotopic (exact) mass is 2000 g/mol. The minimum atomic E-state index is -0.872. The number of methoxy groups -OCH3 is 2. The molecule has 0 amide bonds. The highest BCUT2D eigenvalue weighted by atomic mass is 16.8. The lowest BCUT2D eigenvalue weighted by molar-refractivity contribution is -0.297. The van der Waals surface area contributed by atoms with E-state index in [1.165, 1.54) is 17.6 Å². The van der Waals surface area contributed by atoms with Crippen LogP contribution < -0.4 is 0 Å². The number of aliphatic hydroxyl groups excluding tert-OH is 3. The zero-order chi connectivity index (χ0) is 106. The molecule has 0 unspecified atom stereocenters. The molecule has 16 fully saturated rings. The average Bonchev–Trinajstić information content (AvgIpc) is 1.71. The van der Waals surface area contributed by atoms with E-state index in [4.69, 9.17) is 47.4 Å². The summed E-state index contributed by atoms with van der Waals surface area (Å²) in [6, 6.07) is 0. The molecular formula is C118H184O25. The molecule has 3 saturated heterocycles. The number of Topliss-reactive ketones (excluding diaryl/α,β-unsaturated/α-hetero) is 12. The number of allylic oxidation sites excluding steroid dienone is 5. The van der Waals surface area contributed by atoms with Gasteiger partial charge in [0.15, 0.2) is 40.5 Å². The number of ether oxygens (including phenoxy) is 10. The Bertz CT molecular complexity index is 4710. The first-order valence-electron chi connectivity index (χ1n) is 55.3. The van der Waals surface area contributed by atoms with Crippen molar-refractivity contribution in [2.45, 2.75) is 463 Å². The minimum absolute atomic E-state index is 0.0160. The summed E-state index contributed by atoms with van der Waals surface area (Å²) in [5.74, 6) is 2.45. The van der Waals surface area contributed by atoms with Crippen LogP contribution in [0.15, 0.2) is 45.3 Å². The molecule has 0 aromatic carbocycles. The number of carbonyl (C=O) groups excluding carboxylic acids is 12. The zero-order valence-electron chi connectivity index (χ0n) is 92.2. The molecule has 16 aliphatic carbocycles. The van der Waals surface area contributed by atoms with Crippen LogP contribution in [0.1, 0.15) is 421 Å². The molecule has 0 aromatic heterocycles. The molecule has 3 heterocycles. The summed E-state index contributed by atoms with van der Waals surface area (Å²) in [5, 5.41) is 29.7. The van der Waals surface area contributed by atoms with Gasteiger partial charge in [0.2, 0.25) is 0 Å². The summed E-state index contributed by atoms with van der Waals surface area (Å²) in [5.41, 5.74) is 4.97. The highest BCUT2D eigenvalue weighted by Crippen LogP contribution is 2.67. The Hall–Kier alpha value is -5.68. The van der Waals surface area contributed by atoms with Crippen molar-refractivity contribution < 1.29 is 120 Å². The Morgan fingerprint density at radius 3 is 1.31 bits per heavy atom. The van der Waals surface area contributed by atoms with E-state index >= 15 is 0 Å². The van der Waals surface area contributed by atoms with Crippen LogP contribution in [0.3, 0.4) is 0 Å². The fourth-order valence-electron chi connectivity index (χ4n) is 30.7. The SMILES string of the molecule is CC1(C)[C@@H]2CC/C(=C\O)C(=O)[C@@]2(C)CCC12OCCO2.CC1(C)[C@@H]2CCCC(=O)[C@@]2(C)CCC12OCCO2.CC1(C)[C@@H]2CCC[C@H](O)[C@@]2(C)CCC12OCCO2.CC1=C2CCCC(=O)[C@@]2(C)CCC1=O.CC1=C2CCC[C@H](O)[C@@]2(C)CCC1=O.CC1C(=O)CCCC1=O.CCC(=O)CCC1(C)C(=O)CCCC1=O.COCO[C@H]1CCCC2=C(C)C(=O)CC[C@@]21C.COCO[C@H]1CCC[C@H]2C(C)(C)C(=O)CC[C@]12C. The van der Waals surface area contributed by atoms with Crippen molar-refractivity contribution in [3.63, 3.8) is 0 Å². The molecule has 13 saturated carbocycles. The fourth-order valence-corrected chi connectivity index (χ4v) is 30.7. The number of aliphatic hydroxyl groups is 3. The third kappa shape index (κ3) is 23.1. The maximum Gasteiger partial charge on any atom is 0.173 e. The predicted molar refractivity (Wildman–Crippen MR) is 546 cm³/mol. The quantitative estimate of drug-likeness (QED) is 0.0791. The van der Waals surface area contributed by atoms with Gasteiger partial charge in [-0.1, -0.05) is 133 Å². The first kappa shape index (κ1) is 118. The summed E-state index contributed by atoms with van der Waals surface area (Å²) >= 11 is 0. The number of ketones is 12. The van der Waals surface area contributed by atoms with Crippen molar-refractivity contribution in [3.05, 3.63) is 45.3 Å². The van der Waals surface area contributed by atoms with Crippen LogP contribution in [0.4, 0.5) is 0 Å². The maximum absolute atomic E-state index is 12.7. The van der Waals surface area contributed by atoms with Crippen molar-refractivity contribution >= 4 is 69.4 Å². The number of fused-ring (bicyclic) bond motifs is 7. The van der Waals surface area contributed by atoms with Crippen molar-refractivity contribution in [2.75, 3.05) is 67.4 Å². The first-order chi connectivity index (χ1) is 67.1. The summed E-state index contributed by atoms with van der Waals surface area (Å²) in [4.78, 5) is 140. The highest BCUT2D eigenvalue weighted by molar-refractivity contribution is 6.09. The van der Waals surface area contributed by atoms with E-state index in [9.17, 15) is 72.9 Å². The predicted octanol–water partition coefficient (Wildman–Crippen LogP) is 22.3. The van der Waals surface area contributed by atoms with E-state index in [1.807, 2.05) is 34.6 Å². The molecule has 806 valence electrons. The van der Waals surface area contributed by atoms with Crippen molar-refractivity contribution in [1.82, 2.24) is 0 Å². The Morgan fingerprint density at radius 1 is 0.371 bits per heavy atom. The summed E-state index contributed by atoms with van der Waals surface area (Å²) in [6.07, 6.45) is 37.0. The lowest BCUT2D eigenvalue weighted by Gasteiger charge is -2.61. The summed E-state index contributed by atoms with van der Waals surface area (Å²) in [6.45, 7) is 48.6. The van der Waals surface area contributed by atoms with Gasteiger partial charge in [-0.3, -0.25) is 57.5 Å². The fraction of sp³-hybridized carbons (Fsp3) is 0.831. The molecule has 0 aromatic rings. The van der Waals surface area contributed by atoms with E-state index in [2.05, 4.69) is 90.0 Å². The molecule has 15 atom stereocenters. The molecule has 0 radical (unpaired) electrons. The van der Waals surface area contributed by atoms with Crippen LogP contribution in [-0.2, 0) is 105 Å². The van der Waals surface area contributed by atoms with E-state index in [-0.39, 0.29) is 137 Å². The van der Waals surface area contributed by atoms with Gasteiger partial charge < -0.3 is 62.7 Å². The topological polar surface area (TPSA) is 358 Å². The molecule has 25 nitrogen and oxygen atoms in total. The molecule has 3 N–H and O–H groups in total. The molecule has 3 spiro atoms. The molecule has 19 rings (SSSR count). The smallest absolute Gasteiger partial charge is 0.173 e. The van der Waals surface area contributed by atoms with Gasteiger partial charge >= 0.3 is 0 Å². The number of hydrogen-bond donors (Lipinski definition) is 3. The zero-order valence-corrected chi connectivity index (χ0v) is 92.2. The highest BCUT2D eigenvalue weighted by Gasteiger charge is 2.68. The van der Waals surface area contributed by atoms with Crippen LogP contribution in [0.5, 0.6) is 0 Å². The number of carbonyl (C=O) groups is 12. The molecule has 143 heavy (non-hydrogen) atoms. The molecule has 19 aliphatic rings. The van der Waals surface area contributed by atoms with Gasteiger partial charge in [-0.2, -0.15) is 0 Å². The second-order valence-electron chi connectivity index (χ2n) is 49.8. The van der Waals surface area contributed by atoms with Crippen molar-refractivity contribution in [1.29, 1.82) is 0 Å². The van der Waals surface area contributed by atoms with E-state index < -0.39 is 28.2 Å². The van der Waals surface area contributed by atoms with Gasteiger partial charge in [0.25, 0.3) is 0 Å². The molecule has 3 aliphatic heterocycles. The second-order valence-corrected chi connectivity index (χ2v) is 49.8. The van der Waals surface area contributed by atoms with E-state index in [0.717, 1.165) is 222 Å². The van der Waals surface area contributed by atoms with Gasteiger partial charge in [0.1, 0.15) is 59.9 Å². The van der Waals surface area contributed by atoms with Crippen LogP contribution >= 0.6 is 0 Å². The summed E-state index contributed by atoms with van der Waals surface area (Å²) < 4.78 is 57.8. The van der Waals surface area contributed by atoms with Crippen LogP contribution in [0, 0.1) is 94.6 Å². The lowest BCUT2D eigenvalue weighted by atomic mass is 9.48. The average molecular weight is 2000 g/mol. The molecule has 25 heteroatoms. The van der Waals surface area contributed by atoms with E-state index in [1.54, 1.807) is 35.0 Å². The Morgan fingerprint density at radius 2 is 0.783 bits per heavy atom.